The fraction of sp³-hybridized carbons (Fsp3) is 0.849. The van der Waals surface area contributed by atoms with E-state index in [1.54, 1.807) is 34.8 Å². The summed E-state index contributed by atoms with van der Waals surface area (Å²) in [6.07, 6.45) is 2.64. The van der Waals surface area contributed by atoms with Crippen LogP contribution in [0, 0.1) is 155 Å². The van der Waals surface area contributed by atoms with Gasteiger partial charge in [0, 0.05) is 78.1 Å². The molecular formula is C93H130F3NO28. The molecule has 0 aromatic rings. The highest BCUT2D eigenvalue weighted by molar-refractivity contribution is 5.86. The van der Waals surface area contributed by atoms with Crippen LogP contribution >= 0.6 is 0 Å². The first kappa shape index (κ1) is 94.9. The number of nitrogens with zero attached hydrogens (tertiary/aromatic N) is 1. The van der Waals surface area contributed by atoms with E-state index in [1.807, 2.05) is 104 Å². The number of hydrogen-bond acceptors (Lipinski definition) is 29. The van der Waals surface area contributed by atoms with Crippen molar-refractivity contribution in [2.24, 2.45) is 144 Å². The van der Waals surface area contributed by atoms with Gasteiger partial charge in [0.15, 0.2) is 17.4 Å². The van der Waals surface area contributed by atoms with E-state index < -0.39 is 109 Å². The lowest BCUT2D eigenvalue weighted by Crippen LogP contribution is -2.49. The number of methoxy groups -OCH3 is 1. The topological polar surface area (TPSA) is 384 Å². The quantitative estimate of drug-likeness (QED) is 0.0465. The van der Waals surface area contributed by atoms with Gasteiger partial charge in [0.25, 0.3) is 0 Å². The molecule has 125 heavy (non-hydrogen) atoms. The van der Waals surface area contributed by atoms with Crippen LogP contribution in [-0.2, 0) is 133 Å². The fourth-order valence-electron chi connectivity index (χ4n) is 23.1. The average molecular weight is 1770 g/mol. The SMILES string of the molecule is CCC(C)(C)C(=O)OC1C2CC3C(=O)OC1C3C2.CCC(C)(C)C(=O)OC1C2CC3C1OC(=O)C3(C#N)C2.CCC(C)(C)C(=O)OC1C2CC3C1OC(=O)C3(C(F)(F)F)C2.CCC(C)(C)C(=O)OC1C2CC3C1OC(=O)C3C2C(C)OC.CCC(C)(C)C(=O)OCC(=O)OC1C2CC3C(=O)OC1C3C2.CCC(C)(C)C(=O)OCCOC1C2CC3C(=O)OC1C3C2. The molecule has 12 aliphatic carbocycles. The molecule has 0 aromatic heterocycles. The number of nitriles is 1. The van der Waals surface area contributed by atoms with Crippen LogP contribution in [0.15, 0.2) is 0 Å². The van der Waals surface area contributed by atoms with E-state index in [9.17, 15) is 80.8 Å². The Morgan fingerprint density at radius 2 is 0.776 bits per heavy atom. The van der Waals surface area contributed by atoms with Crippen molar-refractivity contribution in [2.45, 2.75) is 326 Å². The lowest BCUT2D eigenvalue weighted by molar-refractivity contribution is -0.231. The molecule has 0 amide bonds. The van der Waals surface area contributed by atoms with Crippen molar-refractivity contribution in [2.75, 3.05) is 26.9 Å². The Kier molecular flexibility index (Phi) is 26.3. The predicted octanol–water partition coefficient (Wildman–Crippen LogP) is 12.1. The maximum atomic E-state index is 13.4. The molecule has 6 aliphatic heterocycles. The van der Waals surface area contributed by atoms with Crippen LogP contribution in [0.3, 0.4) is 0 Å². The van der Waals surface area contributed by atoms with Crippen molar-refractivity contribution in [1.82, 2.24) is 0 Å². The van der Waals surface area contributed by atoms with Gasteiger partial charge in [0.2, 0.25) is 0 Å². The zero-order valence-electron chi connectivity index (χ0n) is 76.0. The average Bonchev–Trinajstić information content (AvgIpc) is 1.52. The molecule has 0 spiro atoms. The first-order chi connectivity index (χ1) is 58.4. The Balaban J connectivity index is 0.000000129. The molecule has 0 aromatic carbocycles. The molecule has 0 radical (unpaired) electrons. The highest BCUT2D eigenvalue weighted by atomic mass is 19.4. The van der Waals surface area contributed by atoms with E-state index in [0.717, 1.165) is 70.6 Å². The highest BCUT2D eigenvalue weighted by Gasteiger charge is 2.81. The third-order valence-electron chi connectivity index (χ3n) is 33.4. The van der Waals surface area contributed by atoms with Crippen LogP contribution in [0.1, 0.15) is 241 Å². The van der Waals surface area contributed by atoms with Crippen LogP contribution in [0.25, 0.3) is 0 Å². The zero-order valence-corrected chi connectivity index (χ0v) is 76.0. The Bertz CT molecular complexity index is 4260. The molecule has 32 atom stereocenters. The molecular weight excluding hydrogens is 1640 g/mol. The van der Waals surface area contributed by atoms with Gasteiger partial charge in [0.05, 0.1) is 81.0 Å². The molecule has 12 saturated carbocycles. The number of rotatable bonds is 25. The van der Waals surface area contributed by atoms with E-state index >= 15 is 0 Å². The first-order valence-electron chi connectivity index (χ1n) is 45.7. The number of esters is 13. The van der Waals surface area contributed by atoms with Crippen molar-refractivity contribution in [1.29, 1.82) is 5.26 Å². The number of hydrogen-bond donors (Lipinski definition) is 0. The number of fused-ring (bicyclic) bond motifs is 6. The summed E-state index contributed by atoms with van der Waals surface area (Å²) >= 11 is 0. The van der Waals surface area contributed by atoms with Gasteiger partial charge < -0.3 is 71.1 Å². The van der Waals surface area contributed by atoms with E-state index in [2.05, 4.69) is 6.07 Å². The Labute approximate surface area is 729 Å². The minimum absolute atomic E-state index is 0.00409. The van der Waals surface area contributed by atoms with E-state index in [0.29, 0.717) is 56.0 Å². The third kappa shape index (κ3) is 16.6. The zero-order chi connectivity index (χ0) is 91.8. The van der Waals surface area contributed by atoms with Crippen molar-refractivity contribution in [3.05, 3.63) is 0 Å². The molecule has 696 valence electrons. The van der Waals surface area contributed by atoms with Crippen LogP contribution in [0.4, 0.5) is 13.2 Å². The number of carbonyl (C=O) groups excluding carboxylic acids is 13. The van der Waals surface area contributed by atoms with Crippen LogP contribution in [-0.4, -0.2) is 190 Å². The summed E-state index contributed by atoms with van der Waals surface area (Å²) in [5.41, 5.74) is -6.61. The van der Waals surface area contributed by atoms with Gasteiger partial charge in [-0.1, -0.05) is 41.5 Å². The molecule has 6 heterocycles. The third-order valence-corrected chi connectivity index (χ3v) is 33.4. The number of halogens is 3. The van der Waals surface area contributed by atoms with Gasteiger partial charge in [-0.3, -0.25) is 57.5 Å². The van der Waals surface area contributed by atoms with Crippen molar-refractivity contribution in [3.63, 3.8) is 0 Å². The van der Waals surface area contributed by atoms with E-state index in [4.69, 9.17) is 71.1 Å². The van der Waals surface area contributed by atoms with Gasteiger partial charge in [-0.2, -0.15) is 18.4 Å². The lowest BCUT2D eigenvalue weighted by atomic mass is 9.73. The van der Waals surface area contributed by atoms with Crippen LogP contribution < -0.4 is 0 Å². The van der Waals surface area contributed by atoms with Crippen molar-refractivity contribution >= 4 is 77.6 Å². The second kappa shape index (κ2) is 34.6. The molecule has 32 heteroatoms. The Hall–Kier alpha value is -7.69. The summed E-state index contributed by atoms with van der Waals surface area (Å²) in [5, 5.41) is 9.31. The largest absolute Gasteiger partial charge is 0.463 e. The normalized spacial score (nSPS) is 39.2. The molecule has 18 aliphatic rings. The summed E-state index contributed by atoms with van der Waals surface area (Å²) in [6.45, 7) is 35.9. The molecule has 12 bridgehead atoms. The summed E-state index contributed by atoms with van der Waals surface area (Å²) in [7, 11) is 1.66. The van der Waals surface area contributed by atoms with E-state index in [1.165, 1.54) is 0 Å². The molecule has 0 N–H and O–H groups in total. The molecule has 18 fully saturated rings. The van der Waals surface area contributed by atoms with Gasteiger partial charge in [0.1, 0.15) is 73.8 Å². The predicted molar refractivity (Wildman–Crippen MR) is 428 cm³/mol. The maximum Gasteiger partial charge on any atom is 0.405 e. The summed E-state index contributed by atoms with van der Waals surface area (Å²) in [5.74, 6) is -3.37. The first-order valence-corrected chi connectivity index (χ1v) is 45.7. The lowest BCUT2D eigenvalue weighted by Gasteiger charge is -2.35. The molecule has 6 saturated heterocycles. The van der Waals surface area contributed by atoms with Crippen LogP contribution in [0.5, 0.6) is 0 Å². The number of ether oxygens (including phenoxy) is 15. The van der Waals surface area contributed by atoms with Gasteiger partial charge >= 0.3 is 83.8 Å². The fourth-order valence-corrected chi connectivity index (χ4v) is 23.1. The van der Waals surface area contributed by atoms with Gasteiger partial charge in [-0.25, -0.2) is 4.79 Å². The highest BCUT2D eigenvalue weighted by Crippen LogP contribution is 2.69. The van der Waals surface area contributed by atoms with Crippen molar-refractivity contribution < 1.29 is 147 Å². The van der Waals surface area contributed by atoms with Gasteiger partial charge in [-0.05, 0) is 205 Å². The Morgan fingerprint density at radius 1 is 0.408 bits per heavy atom. The summed E-state index contributed by atoms with van der Waals surface area (Å²) in [4.78, 5) is 155. The number of carbonyl (C=O) groups is 13. The summed E-state index contributed by atoms with van der Waals surface area (Å²) < 4.78 is 122. The Morgan fingerprint density at radius 3 is 1.22 bits per heavy atom. The smallest absolute Gasteiger partial charge is 0.405 e. The van der Waals surface area contributed by atoms with E-state index in [-0.39, 0.29) is 200 Å². The molecule has 18 rings (SSSR count). The second-order valence-electron chi connectivity index (χ2n) is 42.5. The number of alkyl halides is 3. The minimum atomic E-state index is -4.62. The maximum absolute atomic E-state index is 13.4. The van der Waals surface area contributed by atoms with Gasteiger partial charge in [-0.15, -0.1) is 0 Å². The molecule has 32 unspecified atom stereocenters. The van der Waals surface area contributed by atoms with Crippen molar-refractivity contribution in [3.8, 4) is 6.07 Å². The second-order valence-corrected chi connectivity index (χ2v) is 42.5. The summed E-state index contributed by atoms with van der Waals surface area (Å²) in [6, 6.07) is 2.15. The minimum Gasteiger partial charge on any atom is -0.463 e. The van der Waals surface area contributed by atoms with Crippen LogP contribution in [0.2, 0.25) is 0 Å². The monoisotopic (exact) mass is 1770 g/mol. The standard InChI is InChI=1S/C17H26O5.C16H22O6.C16H24O5.C15H19F3O4.C15H19NO4.C14H20O4/c1-6-17(3,4)16(19)22-14-9-7-10-12(11(9)8(2)20-5)15(18)21-13(10)14;1-4-16(2,3)15(19)20-7-11(17)21-12-8-5-9-10(6-8)14(18)22-13(9)12;1-4-16(2,3)15(18)20-6-5-19-12-9-7-10-11(8-9)14(17)21-13(10)12;1-4-13(2,3)11(19)21-9-7-5-8-10(9)22-12(20)14(8,6-7)15(16,17)18;1-4-14(2,3)12(17)19-10-8-5-9-11(10)20-13(18)15(9,6-8)7-16;1-4-14(2,3)13(16)18-10-7-5-8-9(6-7)12(15)17-11(8)10/h8-14H,6-7H2,1-5H3;8-10,12-13H,4-7H2,1-3H3;9-13H,4-8H2,1-3H3;7-10H,4-6H2,1-3H3;8-11H,4-6H2,1-3H3;7-11H,4-6H2,1-3H3. The molecule has 29 nitrogen and oxygen atoms in total.